The smallest absolute Gasteiger partial charge is 0.102 e. The molecule has 0 radical (unpaired) electrons. The van der Waals surface area contributed by atoms with Gasteiger partial charge >= 0.3 is 0 Å². The van der Waals surface area contributed by atoms with Crippen molar-refractivity contribution in [1.29, 1.82) is 0 Å². The number of halogens is 2. The predicted molar refractivity (Wildman–Crippen MR) is 89.5 cm³/mol. The van der Waals surface area contributed by atoms with Crippen LogP contribution >= 0.6 is 23.2 Å². The highest BCUT2D eigenvalue weighted by Crippen LogP contribution is 2.45. The summed E-state index contributed by atoms with van der Waals surface area (Å²) < 4.78 is 0. The molecule has 0 spiro atoms. The minimum Gasteiger partial charge on any atom is -0.349 e. The molecule has 0 bridgehead atoms. The van der Waals surface area contributed by atoms with Gasteiger partial charge in [0.15, 0.2) is 0 Å². The van der Waals surface area contributed by atoms with Crippen LogP contribution in [-0.2, 0) is 6.54 Å². The molecule has 0 saturated carbocycles. The molecule has 2 nitrogen and oxygen atoms in total. The topological polar surface area (TPSA) is 6.48 Å². The summed E-state index contributed by atoms with van der Waals surface area (Å²) in [6.07, 6.45) is 2.93. The maximum Gasteiger partial charge on any atom is 0.102 e. The summed E-state index contributed by atoms with van der Waals surface area (Å²) in [6, 6.07) is 14.3. The number of rotatable bonds is 2. The summed E-state index contributed by atoms with van der Waals surface area (Å²) in [7, 11) is 0. The molecule has 108 valence electrons. The van der Waals surface area contributed by atoms with E-state index in [-0.39, 0.29) is 0 Å². The van der Waals surface area contributed by atoms with Crippen LogP contribution in [0.4, 0.5) is 11.4 Å². The summed E-state index contributed by atoms with van der Waals surface area (Å²) >= 11 is 12.2. The van der Waals surface area contributed by atoms with Gasteiger partial charge in [0.2, 0.25) is 0 Å². The zero-order chi connectivity index (χ0) is 14.4. The van der Waals surface area contributed by atoms with Crippen LogP contribution in [0.15, 0.2) is 42.5 Å². The van der Waals surface area contributed by atoms with Crippen LogP contribution in [-0.4, -0.2) is 12.7 Å². The van der Waals surface area contributed by atoms with Gasteiger partial charge in [-0.05, 0) is 48.7 Å². The molecule has 2 aromatic carbocycles. The zero-order valence-corrected chi connectivity index (χ0v) is 13.1. The fourth-order valence-electron chi connectivity index (χ4n) is 3.46. The van der Waals surface area contributed by atoms with Crippen molar-refractivity contribution in [2.75, 3.05) is 16.3 Å². The molecule has 0 aliphatic carbocycles. The second-order valence-electron chi connectivity index (χ2n) is 5.70. The minimum atomic E-state index is 0.467. The maximum absolute atomic E-state index is 6.21. The van der Waals surface area contributed by atoms with E-state index in [1.807, 2.05) is 18.2 Å². The third-order valence-corrected chi connectivity index (χ3v) is 4.89. The van der Waals surface area contributed by atoms with Crippen LogP contribution in [0.2, 0.25) is 10.0 Å². The summed E-state index contributed by atoms with van der Waals surface area (Å²) in [5.74, 6) is 0. The fraction of sp³-hybridized carbons (Fsp3) is 0.294. The lowest BCUT2D eigenvalue weighted by atomic mass is 10.1. The molecule has 2 heterocycles. The van der Waals surface area contributed by atoms with Gasteiger partial charge in [-0.3, -0.25) is 0 Å². The predicted octanol–water partition coefficient (Wildman–Crippen LogP) is 4.94. The molecule has 0 amide bonds. The van der Waals surface area contributed by atoms with Gasteiger partial charge in [0.05, 0.1) is 11.4 Å². The lowest BCUT2D eigenvalue weighted by molar-refractivity contribution is 0.634. The Kier molecular flexibility index (Phi) is 3.24. The average molecular weight is 319 g/mol. The fourth-order valence-corrected chi connectivity index (χ4v) is 3.75. The molecule has 0 N–H and O–H groups in total. The molecule has 2 aliphatic heterocycles. The van der Waals surface area contributed by atoms with E-state index in [1.165, 1.54) is 29.8 Å². The van der Waals surface area contributed by atoms with Gasteiger partial charge in [0.25, 0.3) is 0 Å². The van der Waals surface area contributed by atoms with Gasteiger partial charge in [0.1, 0.15) is 6.17 Å². The Labute approximate surface area is 134 Å². The van der Waals surface area contributed by atoms with Crippen LogP contribution in [0.5, 0.6) is 0 Å². The van der Waals surface area contributed by atoms with Crippen molar-refractivity contribution in [2.45, 2.75) is 25.6 Å². The second kappa shape index (κ2) is 5.11. The average Bonchev–Trinajstić information content (AvgIpc) is 3.04. The standard InChI is InChI=1S/C17H16Cl2N2/c18-13-5-3-12(4-6-13)11-21-16-10-14(19)7-8-15(16)20-9-1-2-17(20)21/h3-8,10,17H,1-2,9,11H2/t17-/m1/s1. The normalized spacial score (nSPS) is 19.8. The van der Waals surface area contributed by atoms with Gasteiger partial charge in [-0.25, -0.2) is 0 Å². The van der Waals surface area contributed by atoms with Crippen LogP contribution in [0.1, 0.15) is 18.4 Å². The van der Waals surface area contributed by atoms with Gasteiger partial charge < -0.3 is 9.80 Å². The highest BCUT2D eigenvalue weighted by molar-refractivity contribution is 6.31. The number of benzene rings is 2. The molecule has 2 aliphatic rings. The number of anilines is 2. The summed E-state index contributed by atoms with van der Waals surface area (Å²) in [4.78, 5) is 4.97. The van der Waals surface area contributed by atoms with Gasteiger partial charge in [-0.1, -0.05) is 35.3 Å². The molecule has 0 aromatic heterocycles. The first-order valence-corrected chi connectivity index (χ1v) is 8.05. The Morgan fingerprint density at radius 2 is 1.71 bits per heavy atom. The SMILES string of the molecule is Clc1ccc(CN2c3cc(Cl)ccc3N3CCC[C@H]32)cc1. The Balaban J connectivity index is 1.71. The Bertz CT molecular complexity index is 669. The first-order chi connectivity index (χ1) is 10.2. The van der Waals surface area contributed by atoms with E-state index in [0.29, 0.717) is 6.17 Å². The van der Waals surface area contributed by atoms with Gasteiger partial charge in [-0.2, -0.15) is 0 Å². The zero-order valence-electron chi connectivity index (χ0n) is 11.6. The molecule has 21 heavy (non-hydrogen) atoms. The number of fused-ring (bicyclic) bond motifs is 3. The van der Waals surface area contributed by atoms with Crippen molar-refractivity contribution in [3.8, 4) is 0 Å². The first kappa shape index (κ1) is 13.3. The first-order valence-electron chi connectivity index (χ1n) is 7.30. The van der Waals surface area contributed by atoms with E-state index in [1.54, 1.807) is 0 Å². The molecular weight excluding hydrogens is 303 g/mol. The Hall–Kier alpha value is -1.38. The maximum atomic E-state index is 6.21. The largest absolute Gasteiger partial charge is 0.349 e. The van der Waals surface area contributed by atoms with Crippen molar-refractivity contribution in [1.82, 2.24) is 0 Å². The lowest BCUT2D eigenvalue weighted by Gasteiger charge is -2.27. The Morgan fingerprint density at radius 3 is 2.52 bits per heavy atom. The number of hydrogen-bond acceptors (Lipinski definition) is 2. The van der Waals surface area contributed by atoms with E-state index in [0.717, 1.165) is 23.1 Å². The quantitative estimate of drug-likeness (QED) is 0.773. The van der Waals surface area contributed by atoms with Gasteiger partial charge in [-0.15, -0.1) is 0 Å². The second-order valence-corrected chi connectivity index (χ2v) is 6.58. The lowest BCUT2D eigenvalue weighted by Crippen LogP contribution is -2.38. The molecule has 0 unspecified atom stereocenters. The van der Waals surface area contributed by atoms with E-state index in [2.05, 4.69) is 34.1 Å². The van der Waals surface area contributed by atoms with E-state index >= 15 is 0 Å². The van der Waals surface area contributed by atoms with E-state index < -0.39 is 0 Å². The summed E-state index contributed by atoms with van der Waals surface area (Å²) in [5, 5.41) is 1.59. The van der Waals surface area contributed by atoms with Crippen LogP contribution in [0.25, 0.3) is 0 Å². The van der Waals surface area contributed by atoms with Crippen LogP contribution in [0.3, 0.4) is 0 Å². The third-order valence-electron chi connectivity index (χ3n) is 4.40. The van der Waals surface area contributed by atoms with Crippen LogP contribution in [0, 0.1) is 0 Å². The number of hydrogen-bond donors (Lipinski definition) is 0. The van der Waals surface area contributed by atoms with Crippen molar-refractivity contribution >= 4 is 34.6 Å². The van der Waals surface area contributed by atoms with Crippen molar-refractivity contribution in [3.63, 3.8) is 0 Å². The van der Waals surface area contributed by atoms with Crippen molar-refractivity contribution in [2.24, 2.45) is 0 Å². The highest BCUT2D eigenvalue weighted by Gasteiger charge is 2.38. The number of nitrogens with zero attached hydrogens (tertiary/aromatic N) is 2. The molecule has 1 saturated heterocycles. The van der Waals surface area contributed by atoms with Crippen LogP contribution < -0.4 is 9.80 Å². The summed E-state index contributed by atoms with van der Waals surface area (Å²) in [5.41, 5.74) is 3.84. The summed E-state index contributed by atoms with van der Waals surface area (Å²) in [6.45, 7) is 2.03. The molecule has 4 heteroatoms. The van der Waals surface area contributed by atoms with Crippen molar-refractivity contribution < 1.29 is 0 Å². The Morgan fingerprint density at radius 1 is 0.952 bits per heavy atom. The highest BCUT2D eigenvalue weighted by atomic mass is 35.5. The monoisotopic (exact) mass is 318 g/mol. The molecule has 1 fully saturated rings. The molecule has 2 aromatic rings. The van der Waals surface area contributed by atoms with E-state index in [4.69, 9.17) is 23.2 Å². The van der Waals surface area contributed by atoms with E-state index in [9.17, 15) is 0 Å². The molecule has 4 rings (SSSR count). The van der Waals surface area contributed by atoms with Gasteiger partial charge in [0, 0.05) is 23.1 Å². The van der Waals surface area contributed by atoms with Crippen molar-refractivity contribution in [3.05, 3.63) is 58.1 Å². The third kappa shape index (κ3) is 2.27. The molecular formula is C17H16Cl2N2. The molecule has 1 atom stereocenters. The minimum absolute atomic E-state index is 0.467.